The van der Waals surface area contributed by atoms with E-state index in [-0.39, 0.29) is 5.92 Å². The molecule has 3 unspecified atom stereocenters. The summed E-state index contributed by atoms with van der Waals surface area (Å²) in [5.74, 6) is 0.604. The van der Waals surface area contributed by atoms with Crippen LogP contribution in [0.15, 0.2) is 0 Å². The fourth-order valence-electron chi connectivity index (χ4n) is 3.53. The minimum Gasteiger partial charge on any atom is -0.338 e. The van der Waals surface area contributed by atoms with Gasteiger partial charge in [0, 0.05) is 24.5 Å². The Morgan fingerprint density at radius 1 is 1.33 bits per heavy atom. The number of likely N-dealkylation sites (tertiary alicyclic amines) is 1. The molecule has 2 heterocycles. The molecular formula is C15H28N2O. The van der Waals surface area contributed by atoms with E-state index in [0.717, 1.165) is 25.9 Å². The van der Waals surface area contributed by atoms with Gasteiger partial charge in [0.2, 0.25) is 5.91 Å². The first-order valence-corrected chi connectivity index (χ1v) is 7.78. The molecule has 2 aliphatic rings. The molecule has 0 bridgehead atoms. The highest BCUT2D eigenvalue weighted by molar-refractivity contribution is 5.79. The van der Waals surface area contributed by atoms with Gasteiger partial charge in [-0.3, -0.25) is 4.79 Å². The Hall–Kier alpha value is -0.570. The van der Waals surface area contributed by atoms with Gasteiger partial charge in [-0.05, 0) is 45.1 Å². The van der Waals surface area contributed by atoms with Crippen molar-refractivity contribution in [3.8, 4) is 0 Å². The Balaban J connectivity index is 2.00. The average Bonchev–Trinajstić information content (AvgIpc) is 2.92. The topological polar surface area (TPSA) is 32.3 Å². The van der Waals surface area contributed by atoms with Gasteiger partial charge in [-0.25, -0.2) is 0 Å². The summed E-state index contributed by atoms with van der Waals surface area (Å²) in [6.45, 7) is 6.37. The number of piperidine rings is 1. The summed E-state index contributed by atoms with van der Waals surface area (Å²) in [5.41, 5.74) is 0. The molecule has 3 heteroatoms. The van der Waals surface area contributed by atoms with Crippen molar-refractivity contribution in [2.75, 3.05) is 13.1 Å². The van der Waals surface area contributed by atoms with E-state index in [9.17, 15) is 4.79 Å². The summed E-state index contributed by atoms with van der Waals surface area (Å²) >= 11 is 0. The van der Waals surface area contributed by atoms with Crippen LogP contribution in [0, 0.1) is 5.92 Å². The summed E-state index contributed by atoms with van der Waals surface area (Å²) in [6, 6.07) is 1.02. The van der Waals surface area contributed by atoms with Crippen LogP contribution < -0.4 is 5.32 Å². The van der Waals surface area contributed by atoms with Gasteiger partial charge in [0.25, 0.3) is 0 Å². The van der Waals surface area contributed by atoms with Crippen molar-refractivity contribution < 1.29 is 4.79 Å². The van der Waals surface area contributed by atoms with Crippen LogP contribution in [0.2, 0.25) is 0 Å². The highest BCUT2D eigenvalue weighted by Crippen LogP contribution is 2.26. The third-order valence-corrected chi connectivity index (χ3v) is 4.54. The number of hydrogen-bond donors (Lipinski definition) is 1. The van der Waals surface area contributed by atoms with Crippen molar-refractivity contribution in [2.45, 2.75) is 70.9 Å². The van der Waals surface area contributed by atoms with Gasteiger partial charge in [-0.2, -0.15) is 0 Å². The Kier molecular flexibility index (Phi) is 5.04. The third kappa shape index (κ3) is 3.05. The number of carbonyl (C=O) groups excluding carboxylic acids is 1. The fourth-order valence-corrected chi connectivity index (χ4v) is 3.53. The largest absolute Gasteiger partial charge is 0.338 e. The monoisotopic (exact) mass is 252 g/mol. The van der Waals surface area contributed by atoms with E-state index in [1.165, 1.54) is 32.1 Å². The SMILES string of the molecule is CCCC(C)C(=O)N1CCCCC1C1CCCN1. The molecule has 1 N–H and O–H groups in total. The van der Waals surface area contributed by atoms with E-state index in [1.807, 2.05) is 0 Å². The second-order valence-corrected chi connectivity index (χ2v) is 5.99. The normalized spacial score (nSPS) is 30.4. The van der Waals surface area contributed by atoms with E-state index >= 15 is 0 Å². The summed E-state index contributed by atoms with van der Waals surface area (Å²) in [7, 11) is 0. The minimum absolute atomic E-state index is 0.206. The van der Waals surface area contributed by atoms with Gasteiger partial charge >= 0.3 is 0 Å². The molecule has 2 rings (SSSR count). The Morgan fingerprint density at radius 2 is 2.17 bits per heavy atom. The first-order valence-electron chi connectivity index (χ1n) is 7.78. The lowest BCUT2D eigenvalue weighted by Gasteiger charge is -2.40. The molecule has 3 atom stereocenters. The minimum atomic E-state index is 0.206. The predicted molar refractivity (Wildman–Crippen MR) is 74.4 cm³/mol. The van der Waals surface area contributed by atoms with Crippen molar-refractivity contribution in [3.63, 3.8) is 0 Å². The molecule has 0 saturated carbocycles. The summed E-state index contributed by atoms with van der Waals surface area (Å²) < 4.78 is 0. The lowest BCUT2D eigenvalue weighted by atomic mass is 9.92. The van der Waals surface area contributed by atoms with E-state index in [2.05, 4.69) is 24.1 Å². The quantitative estimate of drug-likeness (QED) is 0.834. The molecule has 0 aliphatic carbocycles. The summed E-state index contributed by atoms with van der Waals surface area (Å²) in [5, 5.41) is 3.59. The van der Waals surface area contributed by atoms with Crippen LogP contribution in [0.3, 0.4) is 0 Å². The zero-order chi connectivity index (χ0) is 13.0. The molecule has 18 heavy (non-hydrogen) atoms. The molecular weight excluding hydrogens is 224 g/mol. The molecule has 0 aromatic carbocycles. The number of hydrogen-bond acceptors (Lipinski definition) is 2. The number of amides is 1. The maximum atomic E-state index is 12.6. The molecule has 0 aromatic heterocycles. The second kappa shape index (κ2) is 6.55. The third-order valence-electron chi connectivity index (χ3n) is 4.54. The van der Waals surface area contributed by atoms with Gasteiger partial charge in [0.15, 0.2) is 0 Å². The fraction of sp³-hybridized carbons (Fsp3) is 0.933. The molecule has 0 aromatic rings. The number of carbonyl (C=O) groups is 1. The van der Waals surface area contributed by atoms with Crippen molar-refractivity contribution in [3.05, 3.63) is 0 Å². The standard InChI is InChI=1S/C15H28N2O/c1-3-7-12(2)15(18)17-11-5-4-9-14(17)13-8-6-10-16-13/h12-14,16H,3-11H2,1-2H3. The van der Waals surface area contributed by atoms with Crippen molar-refractivity contribution in [1.82, 2.24) is 10.2 Å². The van der Waals surface area contributed by atoms with E-state index in [4.69, 9.17) is 0 Å². The molecule has 104 valence electrons. The molecule has 3 nitrogen and oxygen atoms in total. The second-order valence-electron chi connectivity index (χ2n) is 5.99. The highest BCUT2D eigenvalue weighted by Gasteiger charge is 2.35. The Labute approximate surface area is 111 Å². The predicted octanol–water partition coefficient (Wildman–Crippen LogP) is 2.56. The highest BCUT2D eigenvalue weighted by atomic mass is 16.2. The van der Waals surface area contributed by atoms with Gasteiger partial charge in [0.1, 0.15) is 0 Å². The van der Waals surface area contributed by atoms with E-state index < -0.39 is 0 Å². The lowest BCUT2D eigenvalue weighted by molar-refractivity contribution is -0.139. The molecule has 0 spiro atoms. The van der Waals surface area contributed by atoms with Crippen LogP contribution >= 0.6 is 0 Å². The first-order chi connectivity index (χ1) is 8.74. The van der Waals surface area contributed by atoms with E-state index in [0.29, 0.717) is 18.0 Å². The van der Waals surface area contributed by atoms with Crippen molar-refractivity contribution >= 4 is 5.91 Å². The molecule has 2 fully saturated rings. The smallest absolute Gasteiger partial charge is 0.225 e. The van der Waals surface area contributed by atoms with Crippen LogP contribution in [0.4, 0.5) is 0 Å². The van der Waals surface area contributed by atoms with Crippen molar-refractivity contribution in [2.24, 2.45) is 5.92 Å². The van der Waals surface area contributed by atoms with Gasteiger partial charge < -0.3 is 10.2 Å². The molecule has 2 aliphatic heterocycles. The van der Waals surface area contributed by atoms with Crippen LogP contribution in [-0.4, -0.2) is 36.0 Å². The van der Waals surface area contributed by atoms with Gasteiger partial charge in [-0.1, -0.05) is 20.3 Å². The number of nitrogens with zero attached hydrogens (tertiary/aromatic N) is 1. The Bertz CT molecular complexity index is 274. The van der Waals surface area contributed by atoms with E-state index in [1.54, 1.807) is 0 Å². The number of rotatable bonds is 4. The zero-order valence-corrected chi connectivity index (χ0v) is 12.0. The number of nitrogens with one attached hydrogen (secondary N) is 1. The van der Waals surface area contributed by atoms with Crippen molar-refractivity contribution in [1.29, 1.82) is 0 Å². The van der Waals surface area contributed by atoms with Gasteiger partial charge in [-0.15, -0.1) is 0 Å². The average molecular weight is 252 g/mol. The molecule has 2 saturated heterocycles. The summed E-state index contributed by atoms with van der Waals surface area (Å²) in [4.78, 5) is 14.8. The van der Waals surface area contributed by atoms with Crippen LogP contribution in [-0.2, 0) is 4.79 Å². The zero-order valence-electron chi connectivity index (χ0n) is 12.0. The maximum Gasteiger partial charge on any atom is 0.225 e. The van der Waals surface area contributed by atoms with Crippen LogP contribution in [0.1, 0.15) is 58.8 Å². The van der Waals surface area contributed by atoms with Crippen LogP contribution in [0.5, 0.6) is 0 Å². The molecule has 1 amide bonds. The first kappa shape index (κ1) is 13.9. The summed E-state index contributed by atoms with van der Waals surface area (Å²) in [6.07, 6.45) is 8.32. The van der Waals surface area contributed by atoms with Crippen LogP contribution in [0.25, 0.3) is 0 Å². The lowest BCUT2D eigenvalue weighted by Crippen LogP contribution is -2.53. The Morgan fingerprint density at radius 3 is 2.83 bits per heavy atom. The maximum absolute atomic E-state index is 12.6. The molecule has 0 radical (unpaired) electrons. The van der Waals surface area contributed by atoms with Gasteiger partial charge in [0.05, 0.1) is 0 Å².